The molecule has 0 aromatic heterocycles. The van der Waals surface area contributed by atoms with Crippen LogP contribution >= 0.6 is 10.7 Å². The SMILES string of the molecule is C=C(C)CCOc1ccc(S(=O)(=O)Cl)cc1F. The van der Waals surface area contributed by atoms with E-state index in [-0.39, 0.29) is 10.6 Å². The summed E-state index contributed by atoms with van der Waals surface area (Å²) in [7, 11) is 1.17. The van der Waals surface area contributed by atoms with Crippen LogP contribution in [0.25, 0.3) is 0 Å². The van der Waals surface area contributed by atoms with Gasteiger partial charge in [0, 0.05) is 17.1 Å². The van der Waals surface area contributed by atoms with E-state index in [1.165, 1.54) is 12.1 Å². The summed E-state index contributed by atoms with van der Waals surface area (Å²) in [5.41, 5.74) is 0.922. The van der Waals surface area contributed by atoms with E-state index in [1.807, 2.05) is 6.92 Å². The Hall–Kier alpha value is -1.07. The number of halogens is 2. The third kappa shape index (κ3) is 4.36. The summed E-state index contributed by atoms with van der Waals surface area (Å²) in [6, 6.07) is 3.27. The molecule has 0 saturated heterocycles. The fourth-order valence-electron chi connectivity index (χ4n) is 1.09. The average Bonchev–Trinajstić information content (AvgIpc) is 2.18. The van der Waals surface area contributed by atoms with E-state index < -0.39 is 14.9 Å². The topological polar surface area (TPSA) is 43.4 Å². The first-order valence-corrected chi connectivity index (χ1v) is 7.13. The van der Waals surface area contributed by atoms with E-state index in [2.05, 4.69) is 6.58 Å². The van der Waals surface area contributed by atoms with Gasteiger partial charge in [-0.25, -0.2) is 12.8 Å². The zero-order valence-corrected chi connectivity index (χ0v) is 10.8. The second-order valence-electron chi connectivity index (χ2n) is 3.59. The number of ether oxygens (including phenoxy) is 1. The molecule has 0 spiro atoms. The van der Waals surface area contributed by atoms with Crippen LogP contribution in [0.4, 0.5) is 4.39 Å². The first-order valence-electron chi connectivity index (χ1n) is 4.82. The van der Waals surface area contributed by atoms with Crippen molar-refractivity contribution < 1.29 is 17.5 Å². The second-order valence-corrected chi connectivity index (χ2v) is 6.15. The van der Waals surface area contributed by atoms with Gasteiger partial charge in [-0.15, -0.1) is 6.58 Å². The Morgan fingerprint density at radius 1 is 1.53 bits per heavy atom. The lowest BCUT2D eigenvalue weighted by atomic mass is 10.2. The Balaban J connectivity index is 2.80. The van der Waals surface area contributed by atoms with Crippen LogP contribution in [0.5, 0.6) is 5.75 Å². The first kappa shape index (κ1) is 14.0. The zero-order valence-electron chi connectivity index (χ0n) is 9.24. The van der Waals surface area contributed by atoms with Crippen molar-refractivity contribution >= 4 is 19.7 Å². The van der Waals surface area contributed by atoms with Gasteiger partial charge in [0.1, 0.15) is 0 Å². The monoisotopic (exact) mass is 278 g/mol. The summed E-state index contributed by atoms with van der Waals surface area (Å²) >= 11 is 0. The minimum Gasteiger partial charge on any atom is -0.490 e. The molecule has 0 atom stereocenters. The van der Waals surface area contributed by atoms with Gasteiger partial charge in [-0.1, -0.05) is 5.57 Å². The van der Waals surface area contributed by atoms with E-state index in [9.17, 15) is 12.8 Å². The molecule has 17 heavy (non-hydrogen) atoms. The van der Waals surface area contributed by atoms with Crippen LogP contribution in [0.3, 0.4) is 0 Å². The second kappa shape index (κ2) is 5.51. The maximum atomic E-state index is 13.4. The highest BCUT2D eigenvalue weighted by atomic mass is 35.7. The van der Waals surface area contributed by atoms with Crippen LogP contribution < -0.4 is 4.74 Å². The van der Waals surface area contributed by atoms with Crippen LogP contribution in [-0.4, -0.2) is 15.0 Å². The van der Waals surface area contributed by atoms with Crippen molar-refractivity contribution in [2.24, 2.45) is 0 Å². The van der Waals surface area contributed by atoms with Crippen molar-refractivity contribution in [3.63, 3.8) is 0 Å². The van der Waals surface area contributed by atoms with Crippen LogP contribution in [-0.2, 0) is 9.05 Å². The highest BCUT2D eigenvalue weighted by Crippen LogP contribution is 2.23. The van der Waals surface area contributed by atoms with Gasteiger partial charge in [-0.2, -0.15) is 0 Å². The van der Waals surface area contributed by atoms with E-state index in [1.54, 1.807) is 0 Å². The quantitative estimate of drug-likeness (QED) is 0.614. The van der Waals surface area contributed by atoms with Crippen molar-refractivity contribution in [2.75, 3.05) is 6.61 Å². The molecule has 0 unspecified atom stereocenters. The molecule has 6 heteroatoms. The Morgan fingerprint density at radius 3 is 2.65 bits per heavy atom. The van der Waals surface area contributed by atoms with E-state index in [0.29, 0.717) is 13.0 Å². The molecule has 0 saturated carbocycles. The molecule has 0 heterocycles. The summed E-state index contributed by atoms with van der Waals surface area (Å²) in [5.74, 6) is -0.760. The predicted octanol–water partition coefficient (Wildman–Crippen LogP) is 3.10. The third-order valence-corrected chi connectivity index (χ3v) is 3.32. The molecular weight excluding hydrogens is 267 g/mol. The molecule has 0 aliphatic carbocycles. The standard InChI is InChI=1S/C11H12ClFO3S/c1-8(2)5-6-16-11-4-3-9(7-10(11)13)17(12,14)15/h3-4,7H,1,5-6H2,2H3. The number of rotatable bonds is 5. The highest BCUT2D eigenvalue weighted by molar-refractivity contribution is 8.13. The molecule has 0 radical (unpaired) electrons. The maximum Gasteiger partial charge on any atom is 0.261 e. The van der Waals surface area contributed by atoms with Crippen LogP contribution in [0.15, 0.2) is 35.2 Å². The average molecular weight is 279 g/mol. The van der Waals surface area contributed by atoms with Gasteiger partial charge in [0.2, 0.25) is 0 Å². The van der Waals surface area contributed by atoms with Crippen LogP contribution in [0.2, 0.25) is 0 Å². The molecule has 94 valence electrons. The van der Waals surface area contributed by atoms with Gasteiger partial charge in [0.25, 0.3) is 9.05 Å². The Kier molecular flexibility index (Phi) is 4.54. The predicted molar refractivity (Wildman–Crippen MR) is 64.4 cm³/mol. The minimum atomic E-state index is -3.91. The smallest absolute Gasteiger partial charge is 0.261 e. The number of benzene rings is 1. The van der Waals surface area contributed by atoms with Crippen molar-refractivity contribution in [3.8, 4) is 5.75 Å². The van der Waals surface area contributed by atoms with Gasteiger partial charge >= 0.3 is 0 Å². The van der Waals surface area contributed by atoms with Gasteiger partial charge in [-0.05, 0) is 25.1 Å². The van der Waals surface area contributed by atoms with Gasteiger partial charge in [0.15, 0.2) is 11.6 Å². The third-order valence-electron chi connectivity index (χ3n) is 1.97. The summed E-state index contributed by atoms with van der Waals surface area (Å²) in [6.07, 6.45) is 0.606. The van der Waals surface area contributed by atoms with Gasteiger partial charge < -0.3 is 4.74 Å². The van der Waals surface area contributed by atoms with Crippen molar-refractivity contribution in [2.45, 2.75) is 18.2 Å². The van der Waals surface area contributed by atoms with Gasteiger partial charge in [-0.3, -0.25) is 0 Å². The van der Waals surface area contributed by atoms with E-state index in [0.717, 1.165) is 11.6 Å². The summed E-state index contributed by atoms with van der Waals surface area (Å²) in [5, 5.41) is 0. The Bertz CT molecular complexity index is 526. The molecule has 0 aliphatic rings. The Labute approximate surface area is 104 Å². The Morgan fingerprint density at radius 2 is 2.18 bits per heavy atom. The molecule has 1 rings (SSSR count). The lowest BCUT2D eigenvalue weighted by molar-refractivity contribution is 0.304. The van der Waals surface area contributed by atoms with Crippen LogP contribution in [0.1, 0.15) is 13.3 Å². The molecule has 0 aliphatic heterocycles. The summed E-state index contributed by atoms with van der Waals surface area (Å²) in [6.45, 7) is 5.81. The normalized spacial score (nSPS) is 11.2. The minimum absolute atomic E-state index is 0.00434. The molecule has 3 nitrogen and oxygen atoms in total. The van der Waals surface area contributed by atoms with Gasteiger partial charge in [0.05, 0.1) is 11.5 Å². The molecule has 1 aromatic carbocycles. The summed E-state index contributed by atoms with van der Waals surface area (Å²) < 4.78 is 40.5. The van der Waals surface area contributed by atoms with Crippen molar-refractivity contribution in [1.82, 2.24) is 0 Å². The van der Waals surface area contributed by atoms with E-state index in [4.69, 9.17) is 15.4 Å². The lowest BCUT2D eigenvalue weighted by Crippen LogP contribution is -2.00. The molecule has 0 fully saturated rings. The number of hydrogen-bond acceptors (Lipinski definition) is 3. The largest absolute Gasteiger partial charge is 0.490 e. The fraction of sp³-hybridized carbons (Fsp3) is 0.273. The van der Waals surface area contributed by atoms with Crippen molar-refractivity contribution in [1.29, 1.82) is 0 Å². The number of hydrogen-bond donors (Lipinski definition) is 0. The van der Waals surface area contributed by atoms with Crippen molar-refractivity contribution in [3.05, 3.63) is 36.2 Å². The molecule has 1 aromatic rings. The molecular formula is C11H12ClFO3S. The maximum absolute atomic E-state index is 13.4. The zero-order chi connectivity index (χ0) is 13.1. The molecule has 0 amide bonds. The first-order chi connectivity index (χ1) is 7.80. The highest BCUT2D eigenvalue weighted by Gasteiger charge is 2.13. The van der Waals surface area contributed by atoms with Crippen LogP contribution in [0, 0.1) is 5.82 Å². The van der Waals surface area contributed by atoms with E-state index >= 15 is 0 Å². The fourth-order valence-corrected chi connectivity index (χ4v) is 1.85. The molecule has 0 N–H and O–H groups in total. The lowest BCUT2D eigenvalue weighted by Gasteiger charge is -2.07. The summed E-state index contributed by atoms with van der Waals surface area (Å²) in [4.78, 5) is -0.288. The molecule has 0 bridgehead atoms.